The number of benzene rings is 1. The first-order valence-electron chi connectivity index (χ1n) is 6.42. The van der Waals surface area contributed by atoms with E-state index in [1.165, 1.54) is 0 Å². The summed E-state index contributed by atoms with van der Waals surface area (Å²) in [5, 5.41) is 0. The predicted molar refractivity (Wildman–Crippen MR) is 76.7 cm³/mol. The van der Waals surface area contributed by atoms with Gasteiger partial charge in [-0.3, -0.25) is 4.79 Å². The van der Waals surface area contributed by atoms with Crippen LogP contribution in [0.25, 0.3) is 0 Å². The van der Waals surface area contributed by atoms with Crippen molar-refractivity contribution in [2.75, 3.05) is 19.0 Å². The first-order chi connectivity index (χ1) is 9.11. The quantitative estimate of drug-likeness (QED) is 0.772. The fourth-order valence-corrected chi connectivity index (χ4v) is 1.99. The van der Waals surface area contributed by atoms with Crippen LogP contribution < -0.4 is 4.90 Å². The number of imidazole rings is 1. The Morgan fingerprint density at radius 3 is 2.53 bits per heavy atom. The summed E-state index contributed by atoms with van der Waals surface area (Å²) in [7, 11) is 3.96. The molecule has 1 heterocycles. The second-order valence-corrected chi connectivity index (χ2v) is 4.67. The van der Waals surface area contributed by atoms with E-state index >= 15 is 0 Å². The van der Waals surface area contributed by atoms with Crippen LogP contribution in [0.4, 0.5) is 5.69 Å². The van der Waals surface area contributed by atoms with Gasteiger partial charge in [0.15, 0.2) is 5.78 Å². The number of hydrogen-bond acceptors (Lipinski definition) is 3. The van der Waals surface area contributed by atoms with Gasteiger partial charge in [-0.2, -0.15) is 0 Å². The monoisotopic (exact) mass is 257 g/mol. The summed E-state index contributed by atoms with van der Waals surface area (Å²) in [4.78, 5) is 18.4. The molecule has 2 rings (SSSR count). The molecule has 0 fully saturated rings. The van der Waals surface area contributed by atoms with Crippen molar-refractivity contribution in [2.24, 2.45) is 0 Å². The van der Waals surface area contributed by atoms with Gasteiger partial charge >= 0.3 is 0 Å². The minimum atomic E-state index is 0.103. The lowest BCUT2D eigenvalue weighted by atomic mass is 10.1. The minimum Gasteiger partial charge on any atom is -0.378 e. The fraction of sp³-hybridized carbons (Fsp3) is 0.333. The van der Waals surface area contributed by atoms with E-state index in [-0.39, 0.29) is 5.78 Å². The number of rotatable bonds is 5. The van der Waals surface area contributed by atoms with E-state index < -0.39 is 0 Å². The second kappa shape index (κ2) is 5.69. The fourth-order valence-electron chi connectivity index (χ4n) is 1.99. The maximum absolute atomic E-state index is 12.2. The number of nitrogens with zero attached hydrogens (tertiary/aromatic N) is 3. The number of hydrogen-bond donors (Lipinski definition) is 0. The maximum atomic E-state index is 12.2. The van der Waals surface area contributed by atoms with Crippen LogP contribution in [-0.2, 0) is 13.0 Å². The SMILES string of the molecule is CCn1ccnc1CC(=O)c1ccc(N(C)C)cc1. The first kappa shape index (κ1) is 13.3. The van der Waals surface area contributed by atoms with Crippen LogP contribution in [0.5, 0.6) is 0 Å². The van der Waals surface area contributed by atoms with E-state index in [1.807, 2.05) is 60.9 Å². The molecular weight excluding hydrogens is 238 g/mol. The Bertz CT molecular complexity index is 555. The highest BCUT2D eigenvalue weighted by atomic mass is 16.1. The van der Waals surface area contributed by atoms with E-state index in [2.05, 4.69) is 4.98 Å². The molecule has 0 aliphatic heterocycles. The van der Waals surface area contributed by atoms with Crippen LogP contribution in [-0.4, -0.2) is 29.4 Å². The lowest BCUT2D eigenvalue weighted by Crippen LogP contribution is -2.11. The molecule has 1 aromatic heterocycles. The molecule has 100 valence electrons. The molecule has 0 spiro atoms. The Labute approximate surface area is 113 Å². The van der Waals surface area contributed by atoms with Crippen LogP contribution in [0, 0.1) is 0 Å². The van der Waals surface area contributed by atoms with Crippen LogP contribution in [0.15, 0.2) is 36.7 Å². The minimum absolute atomic E-state index is 0.103. The molecule has 0 bridgehead atoms. The Hall–Kier alpha value is -2.10. The number of anilines is 1. The normalized spacial score (nSPS) is 10.5. The largest absolute Gasteiger partial charge is 0.378 e. The van der Waals surface area contributed by atoms with Gasteiger partial charge in [-0.05, 0) is 31.2 Å². The summed E-state index contributed by atoms with van der Waals surface area (Å²) < 4.78 is 1.99. The van der Waals surface area contributed by atoms with Crippen LogP contribution in [0.2, 0.25) is 0 Å². The van der Waals surface area contributed by atoms with Gasteiger partial charge < -0.3 is 9.47 Å². The van der Waals surface area contributed by atoms with Crippen molar-refractivity contribution in [1.29, 1.82) is 0 Å². The molecule has 1 aromatic carbocycles. The third-order valence-corrected chi connectivity index (χ3v) is 3.17. The van der Waals surface area contributed by atoms with Crippen LogP contribution in [0.3, 0.4) is 0 Å². The van der Waals surface area contributed by atoms with Crippen molar-refractivity contribution in [1.82, 2.24) is 9.55 Å². The molecule has 0 atom stereocenters. The summed E-state index contributed by atoms with van der Waals surface area (Å²) in [5.41, 5.74) is 1.82. The van der Waals surface area contributed by atoms with Gasteiger partial charge in [0, 0.05) is 44.3 Å². The highest BCUT2D eigenvalue weighted by Crippen LogP contribution is 2.14. The third kappa shape index (κ3) is 3.02. The van der Waals surface area contributed by atoms with Crippen molar-refractivity contribution >= 4 is 11.5 Å². The number of Topliss-reactive ketones (excluding diaryl/α,β-unsaturated/α-hetero) is 1. The Balaban J connectivity index is 2.12. The van der Waals surface area contributed by atoms with Crippen molar-refractivity contribution in [3.05, 3.63) is 48.0 Å². The average molecular weight is 257 g/mol. The van der Waals surface area contributed by atoms with E-state index in [4.69, 9.17) is 0 Å². The lowest BCUT2D eigenvalue weighted by molar-refractivity contribution is 0.0990. The highest BCUT2D eigenvalue weighted by Gasteiger charge is 2.11. The number of aromatic nitrogens is 2. The zero-order chi connectivity index (χ0) is 13.8. The van der Waals surface area contributed by atoms with Gasteiger partial charge in [-0.1, -0.05) is 0 Å². The third-order valence-electron chi connectivity index (χ3n) is 3.17. The topological polar surface area (TPSA) is 38.1 Å². The molecule has 0 aliphatic carbocycles. The molecule has 0 unspecified atom stereocenters. The van der Waals surface area contributed by atoms with Crippen LogP contribution in [0.1, 0.15) is 23.1 Å². The lowest BCUT2D eigenvalue weighted by Gasteiger charge is -2.12. The van der Waals surface area contributed by atoms with Gasteiger partial charge in [0.1, 0.15) is 5.82 Å². The summed E-state index contributed by atoms with van der Waals surface area (Å²) in [6.45, 7) is 2.88. The molecular formula is C15H19N3O. The van der Waals surface area contributed by atoms with Crippen molar-refractivity contribution in [3.63, 3.8) is 0 Å². The summed E-state index contributed by atoms with van der Waals surface area (Å²) in [6.07, 6.45) is 3.99. The van der Waals surface area contributed by atoms with Crippen molar-refractivity contribution in [2.45, 2.75) is 19.9 Å². The van der Waals surface area contributed by atoms with Gasteiger partial charge in [-0.15, -0.1) is 0 Å². The molecule has 0 saturated carbocycles. The molecule has 0 saturated heterocycles. The summed E-state index contributed by atoms with van der Waals surface area (Å²) in [6, 6.07) is 7.66. The molecule has 0 radical (unpaired) electrons. The maximum Gasteiger partial charge on any atom is 0.170 e. The van der Waals surface area contributed by atoms with Gasteiger partial charge in [0.05, 0.1) is 6.42 Å². The molecule has 4 nitrogen and oxygen atoms in total. The average Bonchev–Trinajstić information content (AvgIpc) is 2.86. The highest BCUT2D eigenvalue weighted by molar-refractivity contribution is 5.97. The van der Waals surface area contributed by atoms with Gasteiger partial charge in [0.2, 0.25) is 0 Å². The van der Waals surface area contributed by atoms with E-state index in [1.54, 1.807) is 6.20 Å². The number of carbonyl (C=O) groups excluding carboxylic acids is 1. The Morgan fingerprint density at radius 2 is 1.95 bits per heavy atom. The number of carbonyl (C=O) groups is 1. The van der Waals surface area contributed by atoms with Gasteiger partial charge in [0.25, 0.3) is 0 Å². The molecule has 0 N–H and O–H groups in total. The summed E-state index contributed by atoms with van der Waals surface area (Å²) >= 11 is 0. The van der Waals surface area contributed by atoms with Gasteiger partial charge in [-0.25, -0.2) is 4.98 Å². The smallest absolute Gasteiger partial charge is 0.170 e. The zero-order valence-electron chi connectivity index (χ0n) is 11.6. The number of ketones is 1. The molecule has 0 amide bonds. The number of aryl methyl sites for hydroxylation is 1. The van der Waals surface area contributed by atoms with E-state index in [9.17, 15) is 4.79 Å². The van der Waals surface area contributed by atoms with Crippen molar-refractivity contribution < 1.29 is 4.79 Å². The molecule has 2 aromatic rings. The molecule has 4 heteroatoms. The van der Waals surface area contributed by atoms with Crippen LogP contribution >= 0.6 is 0 Å². The zero-order valence-corrected chi connectivity index (χ0v) is 11.6. The van der Waals surface area contributed by atoms with Crippen molar-refractivity contribution in [3.8, 4) is 0 Å². The molecule has 19 heavy (non-hydrogen) atoms. The Morgan fingerprint density at radius 1 is 1.26 bits per heavy atom. The second-order valence-electron chi connectivity index (χ2n) is 4.67. The standard InChI is InChI=1S/C15H19N3O/c1-4-18-10-9-16-15(18)11-14(19)12-5-7-13(8-6-12)17(2)3/h5-10H,4,11H2,1-3H3. The Kier molecular flexibility index (Phi) is 4.00. The van der Waals surface area contributed by atoms with E-state index in [0.717, 1.165) is 23.6 Å². The summed E-state index contributed by atoms with van der Waals surface area (Å²) in [5.74, 6) is 0.926. The molecule has 0 aliphatic rings. The van der Waals surface area contributed by atoms with E-state index in [0.29, 0.717) is 6.42 Å². The predicted octanol–water partition coefficient (Wildman–Crippen LogP) is 2.39. The first-order valence-corrected chi connectivity index (χ1v) is 6.42.